The monoisotopic (exact) mass is 517 g/mol. The van der Waals surface area contributed by atoms with E-state index in [2.05, 4.69) is 20.2 Å². The predicted octanol–water partition coefficient (Wildman–Crippen LogP) is 3.11. The number of nitrogens with zero attached hydrogens (tertiary/aromatic N) is 4. The van der Waals surface area contributed by atoms with Crippen LogP contribution in [0.25, 0.3) is 0 Å². The van der Waals surface area contributed by atoms with E-state index in [0.717, 1.165) is 37.1 Å². The minimum absolute atomic E-state index is 0.128. The molecule has 0 atom stereocenters. The molecule has 1 aliphatic carbocycles. The van der Waals surface area contributed by atoms with Crippen molar-refractivity contribution in [1.82, 2.24) is 20.2 Å². The first-order valence-corrected chi connectivity index (χ1v) is 13.3. The maximum Gasteiger partial charge on any atom is 0.231 e. The number of ether oxygens (including phenoxy) is 2. The van der Waals surface area contributed by atoms with Crippen LogP contribution in [0.4, 0.5) is 5.82 Å². The molecule has 1 saturated carbocycles. The Morgan fingerprint density at radius 1 is 1.06 bits per heavy atom. The van der Waals surface area contributed by atoms with Gasteiger partial charge in [0.05, 0.1) is 5.75 Å². The molecule has 11 heteroatoms. The molecule has 35 heavy (non-hydrogen) atoms. The number of fused-ring (bicyclic) bond motifs is 1. The lowest BCUT2D eigenvalue weighted by atomic mass is 10.1. The van der Waals surface area contributed by atoms with Crippen molar-refractivity contribution < 1.29 is 19.1 Å². The van der Waals surface area contributed by atoms with E-state index in [1.165, 1.54) is 11.8 Å². The molecule has 2 aliphatic heterocycles. The van der Waals surface area contributed by atoms with E-state index in [9.17, 15) is 9.59 Å². The highest BCUT2D eigenvalue weighted by molar-refractivity contribution is 7.99. The molecule has 2 fully saturated rings. The van der Waals surface area contributed by atoms with Crippen LogP contribution in [-0.2, 0) is 16.1 Å². The number of nitrogens with one attached hydrogen (secondary N) is 1. The number of amides is 2. The summed E-state index contributed by atoms with van der Waals surface area (Å²) in [6.07, 6.45) is 4.36. The Hall–Kier alpha value is -2.72. The number of rotatable bonds is 7. The molecule has 0 spiro atoms. The van der Waals surface area contributed by atoms with Crippen LogP contribution in [0.3, 0.4) is 0 Å². The Labute approximate surface area is 213 Å². The Morgan fingerprint density at radius 2 is 1.83 bits per heavy atom. The number of carbonyl (C=O) groups excluding carboxylic acids is 2. The van der Waals surface area contributed by atoms with E-state index < -0.39 is 0 Å². The first kappa shape index (κ1) is 24.0. The Balaban J connectivity index is 1.11. The predicted molar refractivity (Wildman–Crippen MR) is 133 cm³/mol. The van der Waals surface area contributed by atoms with E-state index in [0.29, 0.717) is 60.4 Å². The molecule has 1 saturated heterocycles. The summed E-state index contributed by atoms with van der Waals surface area (Å²) in [7, 11) is 0. The molecule has 0 bridgehead atoms. The highest BCUT2D eigenvalue weighted by atomic mass is 35.5. The molecule has 186 valence electrons. The minimum atomic E-state index is -0.128. The van der Waals surface area contributed by atoms with E-state index in [4.69, 9.17) is 21.1 Å². The van der Waals surface area contributed by atoms with Crippen LogP contribution in [0.2, 0.25) is 5.15 Å². The number of halogens is 1. The SMILES string of the molecule is O=C(CSc1nc(Cl)cc(N2CCN(C(=O)C3CCCC3)CC2)n1)NCc1ccc2c(c1)OCO2. The first-order chi connectivity index (χ1) is 17.0. The lowest BCUT2D eigenvalue weighted by Crippen LogP contribution is -2.50. The lowest BCUT2D eigenvalue weighted by Gasteiger charge is -2.36. The van der Waals surface area contributed by atoms with Crippen molar-refractivity contribution in [1.29, 1.82) is 0 Å². The molecular weight excluding hydrogens is 490 g/mol. The summed E-state index contributed by atoms with van der Waals surface area (Å²) in [5, 5.41) is 3.69. The van der Waals surface area contributed by atoms with Gasteiger partial charge in [-0.15, -0.1) is 0 Å². The number of benzene rings is 1. The van der Waals surface area contributed by atoms with Crippen LogP contribution < -0.4 is 19.7 Å². The molecule has 3 aliphatic rings. The third-order valence-corrected chi connectivity index (χ3v) is 7.58. The summed E-state index contributed by atoms with van der Waals surface area (Å²) >= 11 is 7.50. The molecule has 2 amide bonds. The second-order valence-electron chi connectivity index (χ2n) is 8.88. The quantitative estimate of drug-likeness (QED) is 0.340. The number of aromatic nitrogens is 2. The molecule has 1 aromatic carbocycles. The van der Waals surface area contributed by atoms with Crippen molar-refractivity contribution in [3.63, 3.8) is 0 Å². The van der Waals surface area contributed by atoms with Crippen molar-refractivity contribution >= 4 is 41.0 Å². The van der Waals surface area contributed by atoms with Crippen molar-refractivity contribution in [2.45, 2.75) is 37.4 Å². The number of thioether (sulfide) groups is 1. The van der Waals surface area contributed by atoms with Crippen molar-refractivity contribution in [2.24, 2.45) is 5.92 Å². The summed E-state index contributed by atoms with van der Waals surface area (Å²) in [5.74, 6) is 2.67. The van der Waals surface area contributed by atoms with Gasteiger partial charge in [-0.2, -0.15) is 0 Å². The van der Waals surface area contributed by atoms with Crippen molar-refractivity contribution in [3.8, 4) is 11.5 Å². The number of anilines is 1. The highest BCUT2D eigenvalue weighted by Gasteiger charge is 2.30. The third kappa shape index (κ3) is 5.92. The normalized spacial score (nSPS) is 17.6. The second-order valence-corrected chi connectivity index (χ2v) is 10.2. The molecule has 1 N–H and O–H groups in total. The number of hydrogen-bond donors (Lipinski definition) is 1. The molecule has 0 radical (unpaired) electrons. The van der Waals surface area contributed by atoms with E-state index in [1.807, 2.05) is 23.1 Å². The zero-order valence-electron chi connectivity index (χ0n) is 19.4. The topological polar surface area (TPSA) is 96.9 Å². The van der Waals surface area contributed by atoms with Crippen molar-refractivity contribution in [2.75, 3.05) is 43.6 Å². The van der Waals surface area contributed by atoms with Gasteiger partial charge in [-0.05, 0) is 30.5 Å². The summed E-state index contributed by atoms with van der Waals surface area (Å²) in [5.41, 5.74) is 0.930. The van der Waals surface area contributed by atoms with Gasteiger partial charge in [0.2, 0.25) is 18.6 Å². The Kier molecular flexibility index (Phi) is 7.48. The van der Waals surface area contributed by atoms with Crippen LogP contribution >= 0.6 is 23.4 Å². The fourth-order valence-corrected chi connectivity index (χ4v) is 5.54. The summed E-state index contributed by atoms with van der Waals surface area (Å²) in [6.45, 7) is 3.38. The smallest absolute Gasteiger partial charge is 0.231 e. The largest absolute Gasteiger partial charge is 0.454 e. The van der Waals surface area contributed by atoms with Crippen LogP contribution in [0.1, 0.15) is 31.2 Å². The molecule has 5 rings (SSSR count). The highest BCUT2D eigenvalue weighted by Crippen LogP contribution is 2.32. The zero-order chi connectivity index (χ0) is 24.2. The van der Waals surface area contributed by atoms with Crippen LogP contribution in [0, 0.1) is 5.92 Å². The fraction of sp³-hybridized carbons (Fsp3) is 0.500. The lowest BCUT2D eigenvalue weighted by molar-refractivity contribution is -0.135. The van der Waals surface area contributed by atoms with Gasteiger partial charge < -0.3 is 24.6 Å². The maximum absolute atomic E-state index is 12.7. The Morgan fingerprint density at radius 3 is 2.63 bits per heavy atom. The van der Waals surface area contributed by atoms with Gasteiger partial charge in [-0.25, -0.2) is 9.97 Å². The number of carbonyl (C=O) groups is 2. The third-order valence-electron chi connectivity index (χ3n) is 6.54. The molecule has 0 unspecified atom stereocenters. The van der Waals surface area contributed by atoms with Crippen LogP contribution in [0.5, 0.6) is 11.5 Å². The van der Waals surface area contributed by atoms with Gasteiger partial charge in [0.15, 0.2) is 16.7 Å². The van der Waals surface area contributed by atoms with Gasteiger partial charge in [0.25, 0.3) is 0 Å². The van der Waals surface area contributed by atoms with Crippen LogP contribution in [-0.4, -0.2) is 65.4 Å². The van der Waals surface area contributed by atoms with E-state index in [1.54, 1.807) is 6.07 Å². The average Bonchev–Trinajstić information content (AvgIpc) is 3.58. The number of hydrogen-bond acceptors (Lipinski definition) is 8. The zero-order valence-corrected chi connectivity index (χ0v) is 20.9. The molecule has 2 aromatic rings. The first-order valence-electron chi connectivity index (χ1n) is 11.9. The molecular formula is C24H28ClN5O4S. The maximum atomic E-state index is 12.7. The summed E-state index contributed by atoms with van der Waals surface area (Å²) in [6, 6.07) is 7.34. The molecule has 3 heterocycles. The van der Waals surface area contributed by atoms with Crippen molar-refractivity contribution in [3.05, 3.63) is 35.0 Å². The van der Waals surface area contributed by atoms with Crippen LogP contribution in [0.15, 0.2) is 29.4 Å². The number of piperazine rings is 1. The van der Waals surface area contributed by atoms with E-state index in [-0.39, 0.29) is 24.4 Å². The molecule has 1 aromatic heterocycles. The summed E-state index contributed by atoms with van der Waals surface area (Å²) < 4.78 is 10.7. The second kappa shape index (κ2) is 10.9. The molecule has 9 nitrogen and oxygen atoms in total. The van der Waals surface area contributed by atoms with Gasteiger partial charge in [0, 0.05) is 44.7 Å². The van der Waals surface area contributed by atoms with Gasteiger partial charge >= 0.3 is 0 Å². The van der Waals surface area contributed by atoms with E-state index >= 15 is 0 Å². The average molecular weight is 518 g/mol. The fourth-order valence-electron chi connectivity index (χ4n) is 4.63. The minimum Gasteiger partial charge on any atom is -0.454 e. The van der Waals surface area contributed by atoms with Gasteiger partial charge in [-0.1, -0.05) is 42.3 Å². The standard InChI is InChI=1S/C24H28ClN5O4S/c25-20-12-21(29-7-9-30(10-8-29)23(32)17-3-1-2-4-17)28-24(27-20)35-14-22(31)26-13-16-5-6-18-19(11-16)34-15-33-18/h5-6,11-12,17H,1-4,7-10,13-15H2,(H,26,31). The summed E-state index contributed by atoms with van der Waals surface area (Å²) in [4.78, 5) is 38.1. The Bertz CT molecular complexity index is 1090. The van der Waals surface area contributed by atoms with Gasteiger partial charge in [0.1, 0.15) is 11.0 Å². The van der Waals surface area contributed by atoms with Gasteiger partial charge in [-0.3, -0.25) is 9.59 Å².